The van der Waals surface area contributed by atoms with E-state index < -0.39 is 5.97 Å². The van der Waals surface area contributed by atoms with Crippen LogP contribution >= 0.6 is 11.3 Å². The first-order valence-corrected chi connectivity index (χ1v) is 8.01. The molecule has 0 fully saturated rings. The van der Waals surface area contributed by atoms with Gasteiger partial charge in [-0.3, -0.25) is 5.32 Å². The van der Waals surface area contributed by atoms with E-state index in [1.54, 1.807) is 11.4 Å². The number of carbonyl (C=O) groups excluding carboxylic acids is 2. The van der Waals surface area contributed by atoms with Crippen molar-refractivity contribution in [2.45, 2.75) is 12.5 Å². The Bertz CT molecular complexity index is 728. The average molecular weight is 332 g/mol. The number of rotatable bonds is 3. The van der Waals surface area contributed by atoms with E-state index in [0.29, 0.717) is 23.6 Å². The Kier molecular flexibility index (Phi) is 4.47. The average Bonchev–Trinajstić information content (AvgIpc) is 3.03. The number of carbonyl (C=O) groups is 2. The summed E-state index contributed by atoms with van der Waals surface area (Å²) in [6, 6.07) is 8.84. The smallest absolute Gasteiger partial charge is 0.338 e. The molecule has 0 bridgehead atoms. The SMILES string of the molecule is COC(=O)c1csc(NC(=O)N[C@H]2CCOc3ccccc32)c1. The molecule has 0 aliphatic carbocycles. The Balaban J connectivity index is 1.64. The molecule has 2 aromatic rings. The lowest BCUT2D eigenvalue weighted by atomic mass is 10.0. The predicted octanol–water partition coefficient (Wildman–Crippen LogP) is 3.18. The van der Waals surface area contributed by atoms with Gasteiger partial charge >= 0.3 is 12.0 Å². The molecular weight excluding hydrogens is 316 g/mol. The zero-order valence-corrected chi connectivity index (χ0v) is 13.3. The second-order valence-electron chi connectivity index (χ2n) is 5.02. The topological polar surface area (TPSA) is 76.7 Å². The molecule has 1 atom stereocenters. The quantitative estimate of drug-likeness (QED) is 0.846. The number of urea groups is 1. The molecule has 0 radical (unpaired) electrons. The highest BCUT2D eigenvalue weighted by Crippen LogP contribution is 2.31. The largest absolute Gasteiger partial charge is 0.493 e. The van der Waals surface area contributed by atoms with Crippen molar-refractivity contribution < 1.29 is 19.1 Å². The minimum absolute atomic E-state index is 0.0972. The molecule has 2 amide bonds. The number of ether oxygens (including phenoxy) is 2. The lowest BCUT2D eigenvalue weighted by Crippen LogP contribution is -2.35. The van der Waals surface area contributed by atoms with Gasteiger partial charge in [-0.15, -0.1) is 11.3 Å². The van der Waals surface area contributed by atoms with Crippen LogP contribution in [0.4, 0.5) is 9.80 Å². The van der Waals surface area contributed by atoms with Crippen molar-refractivity contribution in [1.82, 2.24) is 5.32 Å². The summed E-state index contributed by atoms with van der Waals surface area (Å²) in [7, 11) is 1.32. The molecule has 0 unspecified atom stereocenters. The van der Waals surface area contributed by atoms with E-state index in [4.69, 9.17) is 4.74 Å². The monoisotopic (exact) mass is 332 g/mol. The Hall–Kier alpha value is -2.54. The maximum atomic E-state index is 12.2. The van der Waals surface area contributed by atoms with Crippen LogP contribution in [0, 0.1) is 0 Å². The van der Waals surface area contributed by atoms with Crippen molar-refractivity contribution in [1.29, 1.82) is 0 Å². The second kappa shape index (κ2) is 6.70. The molecule has 1 aliphatic heterocycles. The van der Waals surface area contributed by atoms with Crippen LogP contribution < -0.4 is 15.4 Å². The Morgan fingerprint density at radius 1 is 1.35 bits per heavy atom. The number of nitrogens with one attached hydrogen (secondary N) is 2. The normalized spacial score (nSPS) is 16.0. The van der Waals surface area contributed by atoms with Gasteiger partial charge in [-0.05, 0) is 12.1 Å². The molecule has 23 heavy (non-hydrogen) atoms. The summed E-state index contributed by atoms with van der Waals surface area (Å²) < 4.78 is 10.2. The van der Waals surface area contributed by atoms with Gasteiger partial charge in [0.1, 0.15) is 5.75 Å². The van der Waals surface area contributed by atoms with Crippen LogP contribution in [-0.4, -0.2) is 25.7 Å². The number of anilines is 1. The fourth-order valence-electron chi connectivity index (χ4n) is 2.42. The first-order valence-electron chi connectivity index (χ1n) is 7.13. The van der Waals surface area contributed by atoms with Gasteiger partial charge in [0.2, 0.25) is 0 Å². The molecule has 1 aliphatic rings. The zero-order chi connectivity index (χ0) is 16.2. The summed E-state index contributed by atoms with van der Waals surface area (Å²) in [6.07, 6.45) is 0.711. The zero-order valence-electron chi connectivity index (χ0n) is 12.5. The molecule has 0 spiro atoms. The third-order valence-corrected chi connectivity index (χ3v) is 4.37. The molecule has 3 rings (SSSR count). The molecule has 0 saturated carbocycles. The second-order valence-corrected chi connectivity index (χ2v) is 5.93. The standard InChI is InChI=1S/C16H16N2O4S/c1-21-15(19)10-8-14(23-9-10)18-16(20)17-12-6-7-22-13-5-3-2-4-11(12)13/h2-5,8-9,12H,6-7H2,1H3,(H2,17,18,20)/t12-/m0/s1. The van der Waals surface area contributed by atoms with Gasteiger partial charge in [0, 0.05) is 17.4 Å². The minimum Gasteiger partial charge on any atom is -0.493 e. The van der Waals surface area contributed by atoms with E-state index >= 15 is 0 Å². The van der Waals surface area contributed by atoms with Crippen LogP contribution in [-0.2, 0) is 4.74 Å². The first kappa shape index (κ1) is 15.4. The molecular formula is C16H16N2O4S. The van der Waals surface area contributed by atoms with Crippen molar-refractivity contribution in [3.05, 3.63) is 46.8 Å². The van der Waals surface area contributed by atoms with Gasteiger partial charge in [0.25, 0.3) is 0 Å². The number of thiophene rings is 1. The fraction of sp³-hybridized carbons (Fsp3) is 0.250. The van der Waals surface area contributed by atoms with Crippen LogP contribution in [0.2, 0.25) is 0 Å². The summed E-state index contributed by atoms with van der Waals surface area (Å²) in [4.78, 5) is 23.6. The number of fused-ring (bicyclic) bond motifs is 1. The number of para-hydroxylation sites is 1. The van der Waals surface area contributed by atoms with Gasteiger partial charge in [0.05, 0.1) is 30.3 Å². The summed E-state index contributed by atoms with van der Waals surface area (Å²) in [6.45, 7) is 0.563. The maximum Gasteiger partial charge on any atom is 0.338 e. The van der Waals surface area contributed by atoms with E-state index in [-0.39, 0.29) is 12.1 Å². The lowest BCUT2D eigenvalue weighted by molar-refractivity contribution is 0.0601. The van der Waals surface area contributed by atoms with Crippen molar-refractivity contribution >= 4 is 28.3 Å². The van der Waals surface area contributed by atoms with Crippen molar-refractivity contribution in [2.75, 3.05) is 19.0 Å². The number of amides is 2. The van der Waals surface area contributed by atoms with Gasteiger partial charge in [-0.25, -0.2) is 9.59 Å². The Morgan fingerprint density at radius 2 is 2.17 bits per heavy atom. The van der Waals surface area contributed by atoms with E-state index in [9.17, 15) is 9.59 Å². The molecule has 7 heteroatoms. The molecule has 6 nitrogen and oxygen atoms in total. The van der Waals surface area contributed by atoms with Crippen LogP contribution in [0.3, 0.4) is 0 Å². The van der Waals surface area contributed by atoms with Crippen LogP contribution in [0.1, 0.15) is 28.4 Å². The summed E-state index contributed by atoms with van der Waals surface area (Å²) in [5, 5.41) is 7.91. The highest BCUT2D eigenvalue weighted by molar-refractivity contribution is 7.14. The van der Waals surface area contributed by atoms with Gasteiger partial charge in [-0.1, -0.05) is 18.2 Å². The highest BCUT2D eigenvalue weighted by Gasteiger charge is 2.22. The Labute approximate surface area is 137 Å². The number of esters is 1. The van der Waals surface area contributed by atoms with Gasteiger partial charge < -0.3 is 14.8 Å². The Morgan fingerprint density at radius 3 is 3.00 bits per heavy atom. The van der Waals surface area contributed by atoms with Crippen molar-refractivity contribution in [3.63, 3.8) is 0 Å². The van der Waals surface area contributed by atoms with E-state index in [1.807, 2.05) is 24.3 Å². The number of benzene rings is 1. The number of hydrogen-bond donors (Lipinski definition) is 2. The third-order valence-electron chi connectivity index (χ3n) is 3.52. The molecule has 1 aromatic carbocycles. The van der Waals surface area contributed by atoms with Gasteiger partial charge in [0.15, 0.2) is 0 Å². The number of hydrogen-bond acceptors (Lipinski definition) is 5. The maximum absolute atomic E-state index is 12.2. The molecule has 0 saturated heterocycles. The summed E-state index contributed by atoms with van der Waals surface area (Å²) in [5.74, 6) is 0.376. The lowest BCUT2D eigenvalue weighted by Gasteiger charge is -2.26. The fourth-order valence-corrected chi connectivity index (χ4v) is 3.19. The summed E-state index contributed by atoms with van der Waals surface area (Å²) in [5.41, 5.74) is 1.39. The van der Waals surface area contributed by atoms with Crippen molar-refractivity contribution in [2.24, 2.45) is 0 Å². The highest BCUT2D eigenvalue weighted by atomic mass is 32.1. The van der Waals surface area contributed by atoms with Crippen LogP contribution in [0.25, 0.3) is 0 Å². The van der Waals surface area contributed by atoms with Crippen LogP contribution in [0.15, 0.2) is 35.7 Å². The van der Waals surface area contributed by atoms with Crippen molar-refractivity contribution in [3.8, 4) is 5.75 Å². The molecule has 2 N–H and O–H groups in total. The van der Waals surface area contributed by atoms with Gasteiger partial charge in [-0.2, -0.15) is 0 Å². The predicted molar refractivity (Wildman–Crippen MR) is 87.1 cm³/mol. The van der Waals surface area contributed by atoms with E-state index in [1.165, 1.54) is 18.4 Å². The first-order chi connectivity index (χ1) is 11.2. The number of methoxy groups -OCH3 is 1. The summed E-state index contributed by atoms with van der Waals surface area (Å²) >= 11 is 1.27. The molecule has 1 aromatic heterocycles. The minimum atomic E-state index is -0.423. The van der Waals surface area contributed by atoms with E-state index in [2.05, 4.69) is 15.4 Å². The van der Waals surface area contributed by atoms with E-state index in [0.717, 1.165) is 11.3 Å². The third kappa shape index (κ3) is 3.45. The molecule has 2 heterocycles. The van der Waals surface area contributed by atoms with Crippen LogP contribution in [0.5, 0.6) is 5.75 Å². The molecule has 120 valence electrons.